The lowest BCUT2D eigenvalue weighted by molar-refractivity contribution is -0.140. The van der Waals surface area contributed by atoms with Gasteiger partial charge in [0.2, 0.25) is 0 Å². The number of rotatable bonds is 11. The van der Waals surface area contributed by atoms with Crippen LogP contribution in [-0.4, -0.2) is 192 Å². The Balaban J connectivity index is 2.00. The van der Waals surface area contributed by atoms with Gasteiger partial charge in [-0.3, -0.25) is 48.6 Å². The normalized spacial score (nSPS) is 21.4. The molecule has 0 radical (unpaired) electrons. The highest BCUT2D eigenvalue weighted by Gasteiger charge is 2.22. The van der Waals surface area contributed by atoms with Crippen molar-refractivity contribution in [3.05, 3.63) is 0 Å². The van der Waals surface area contributed by atoms with E-state index in [1.165, 1.54) is 0 Å². The summed E-state index contributed by atoms with van der Waals surface area (Å²) in [5, 5.41) is 36.9. The minimum atomic E-state index is -0.917. The summed E-state index contributed by atoms with van der Waals surface area (Å²) < 4.78 is 0. The molecule has 14 nitrogen and oxygen atoms in total. The molecule has 36 heavy (non-hydrogen) atoms. The van der Waals surface area contributed by atoms with Crippen LogP contribution in [0.25, 0.3) is 0 Å². The van der Waals surface area contributed by atoms with Gasteiger partial charge in [-0.2, -0.15) is 0 Å². The van der Waals surface area contributed by atoms with E-state index in [9.17, 15) is 39.6 Å². The summed E-state index contributed by atoms with van der Waals surface area (Å²) in [6.07, 6.45) is 0. The van der Waals surface area contributed by atoms with Crippen LogP contribution in [0.5, 0.6) is 0 Å². The number of hydrogen-bond donors (Lipinski definition) is 4. The molecule has 0 amide bonds. The molecular formula is C22H40N6O8. The maximum atomic E-state index is 11.2. The smallest absolute Gasteiger partial charge is 0.317 e. The Morgan fingerprint density at radius 2 is 0.528 bits per heavy atom. The lowest BCUT2D eigenvalue weighted by atomic mass is 10.3. The highest BCUT2D eigenvalue weighted by Crippen LogP contribution is 2.04. The molecule has 0 saturated carbocycles. The van der Waals surface area contributed by atoms with Crippen molar-refractivity contribution >= 4 is 23.9 Å². The molecule has 2 saturated heterocycles. The van der Waals surface area contributed by atoms with E-state index in [-0.39, 0.29) is 26.2 Å². The van der Waals surface area contributed by atoms with Gasteiger partial charge in [-0.05, 0) is 0 Å². The molecule has 0 spiro atoms. The van der Waals surface area contributed by atoms with Gasteiger partial charge in [0.05, 0.1) is 26.2 Å². The molecule has 0 bridgehead atoms. The lowest BCUT2D eigenvalue weighted by Gasteiger charge is -2.30. The van der Waals surface area contributed by atoms with Crippen molar-refractivity contribution in [2.24, 2.45) is 0 Å². The van der Waals surface area contributed by atoms with E-state index in [4.69, 9.17) is 0 Å². The van der Waals surface area contributed by atoms with E-state index in [0.717, 1.165) is 0 Å². The van der Waals surface area contributed by atoms with Crippen molar-refractivity contribution < 1.29 is 39.6 Å². The SMILES string of the molecule is O=C(O)CN1CCN(CCN2CCN(CC(=O)O)CCN(CC(=O)O)CC2)CCN(CC(=O)O)CC1. The molecule has 0 aromatic rings. The van der Waals surface area contributed by atoms with Gasteiger partial charge in [0.25, 0.3) is 0 Å². The average Bonchev–Trinajstić information content (AvgIpc) is 2.92. The molecule has 0 atom stereocenters. The van der Waals surface area contributed by atoms with Crippen LogP contribution in [0.4, 0.5) is 0 Å². The maximum Gasteiger partial charge on any atom is 0.317 e. The first-order valence-electron chi connectivity index (χ1n) is 12.3. The van der Waals surface area contributed by atoms with Crippen LogP contribution in [0, 0.1) is 0 Å². The Kier molecular flexibility index (Phi) is 13.0. The Morgan fingerprint density at radius 3 is 0.694 bits per heavy atom. The Labute approximate surface area is 211 Å². The number of hydrogen-bond acceptors (Lipinski definition) is 10. The lowest BCUT2D eigenvalue weighted by Crippen LogP contribution is -2.44. The molecule has 0 aromatic heterocycles. The second-order valence-corrected chi connectivity index (χ2v) is 9.36. The topological polar surface area (TPSA) is 169 Å². The van der Waals surface area contributed by atoms with Crippen LogP contribution in [0.2, 0.25) is 0 Å². The fraction of sp³-hybridized carbons (Fsp3) is 0.818. The zero-order chi connectivity index (χ0) is 26.5. The van der Waals surface area contributed by atoms with Gasteiger partial charge < -0.3 is 20.4 Å². The minimum Gasteiger partial charge on any atom is -0.480 e. The summed E-state index contributed by atoms with van der Waals surface area (Å²) in [5.74, 6) is -3.67. The predicted octanol–water partition coefficient (Wildman–Crippen LogP) is -2.84. The van der Waals surface area contributed by atoms with Gasteiger partial charge in [-0.15, -0.1) is 0 Å². The highest BCUT2D eigenvalue weighted by molar-refractivity contribution is 5.70. The van der Waals surface area contributed by atoms with Crippen LogP contribution >= 0.6 is 0 Å². The number of carboxylic acids is 4. The molecule has 0 aliphatic carbocycles. The van der Waals surface area contributed by atoms with Gasteiger partial charge in [0, 0.05) is 91.6 Å². The van der Waals surface area contributed by atoms with Crippen LogP contribution in [0.3, 0.4) is 0 Å². The van der Waals surface area contributed by atoms with E-state index < -0.39 is 23.9 Å². The zero-order valence-corrected chi connectivity index (χ0v) is 20.8. The molecule has 4 N–H and O–H groups in total. The van der Waals surface area contributed by atoms with E-state index in [1.807, 2.05) is 19.6 Å². The largest absolute Gasteiger partial charge is 0.480 e. The third kappa shape index (κ3) is 12.6. The van der Waals surface area contributed by atoms with Crippen molar-refractivity contribution in [1.29, 1.82) is 0 Å². The first-order chi connectivity index (χ1) is 17.1. The van der Waals surface area contributed by atoms with E-state index in [0.29, 0.717) is 91.6 Å². The molecule has 2 aliphatic rings. The summed E-state index contributed by atoms with van der Waals surface area (Å²) in [4.78, 5) is 56.7. The standard InChI is InChI=1S/C22H40N6O8/c29-19(30)15-25-7-3-23(4-8-26(12-11-25)16-20(31)32)1-2-24-5-9-27(17-21(33)34)13-14-28(10-6-24)18-22(35)36/h1-18H2,(H,29,30)(H,31,32)(H,33,34)(H,35,36). The van der Waals surface area contributed by atoms with Crippen molar-refractivity contribution in [3.63, 3.8) is 0 Å². The van der Waals surface area contributed by atoms with Gasteiger partial charge in [-0.1, -0.05) is 0 Å². The molecule has 2 heterocycles. The number of aliphatic carboxylic acids is 4. The highest BCUT2D eigenvalue weighted by atomic mass is 16.4. The van der Waals surface area contributed by atoms with Crippen LogP contribution in [0.15, 0.2) is 0 Å². The van der Waals surface area contributed by atoms with Crippen LogP contribution in [0.1, 0.15) is 0 Å². The summed E-state index contributed by atoms with van der Waals surface area (Å²) in [7, 11) is 0. The van der Waals surface area contributed by atoms with Crippen LogP contribution in [-0.2, 0) is 19.2 Å². The molecule has 14 heteroatoms. The molecule has 2 aliphatic heterocycles. The molecular weight excluding hydrogens is 476 g/mol. The van der Waals surface area contributed by atoms with Gasteiger partial charge in [0.1, 0.15) is 0 Å². The van der Waals surface area contributed by atoms with E-state index in [2.05, 4.69) is 9.80 Å². The third-order valence-electron chi connectivity index (χ3n) is 6.56. The number of carbonyl (C=O) groups is 4. The number of carboxylic acid groups (broad SMARTS) is 4. The van der Waals surface area contributed by atoms with E-state index >= 15 is 0 Å². The third-order valence-corrected chi connectivity index (χ3v) is 6.56. The fourth-order valence-corrected chi connectivity index (χ4v) is 4.50. The van der Waals surface area contributed by atoms with Gasteiger partial charge >= 0.3 is 23.9 Å². The second kappa shape index (κ2) is 15.7. The van der Waals surface area contributed by atoms with Crippen molar-refractivity contribution in [2.45, 2.75) is 0 Å². The number of nitrogens with zero attached hydrogens (tertiary/aromatic N) is 6. The van der Waals surface area contributed by atoms with Crippen molar-refractivity contribution in [3.8, 4) is 0 Å². The summed E-state index contributed by atoms with van der Waals surface area (Å²) in [5.41, 5.74) is 0. The first kappa shape index (κ1) is 29.9. The molecule has 2 rings (SSSR count). The Hall–Kier alpha value is -2.36. The molecule has 206 valence electrons. The second-order valence-electron chi connectivity index (χ2n) is 9.36. The summed E-state index contributed by atoms with van der Waals surface area (Å²) >= 11 is 0. The Bertz CT molecular complexity index is 625. The maximum absolute atomic E-state index is 11.2. The van der Waals surface area contributed by atoms with Gasteiger partial charge in [0.15, 0.2) is 0 Å². The molecule has 0 unspecified atom stereocenters. The van der Waals surface area contributed by atoms with Crippen molar-refractivity contribution in [1.82, 2.24) is 29.4 Å². The Morgan fingerprint density at radius 1 is 0.361 bits per heavy atom. The van der Waals surface area contributed by atoms with Crippen LogP contribution < -0.4 is 0 Å². The van der Waals surface area contributed by atoms with Gasteiger partial charge in [-0.25, -0.2) is 0 Å². The quantitative estimate of drug-likeness (QED) is 0.222. The minimum absolute atomic E-state index is 0.0975. The summed E-state index contributed by atoms with van der Waals surface area (Å²) in [6, 6.07) is 0. The van der Waals surface area contributed by atoms with E-state index in [1.54, 1.807) is 0 Å². The van der Waals surface area contributed by atoms with Crippen molar-refractivity contribution in [2.75, 3.05) is 118 Å². The molecule has 2 fully saturated rings. The monoisotopic (exact) mass is 516 g/mol. The predicted molar refractivity (Wildman–Crippen MR) is 129 cm³/mol. The fourth-order valence-electron chi connectivity index (χ4n) is 4.50. The zero-order valence-electron chi connectivity index (χ0n) is 20.8. The summed E-state index contributed by atoms with van der Waals surface area (Å²) in [6.45, 7) is 7.76. The average molecular weight is 517 g/mol. The first-order valence-corrected chi connectivity index (χ1v) is 12.3. The molecule has 0 aromatic carbocycles.